The SMILES string of the molecule is COc1ccc(N)c2cc(-c3cnoc3C)[nH]c12. The van der Waals surface area contributed by atoms with Gasteiger partial charge in [-0.1, -0.05) is 5.16 Å². The monoisotopic (exact) mass is 243 g/mol. The number of nitrogens with one attached hydrogen (secondary N) is 1. The van der Waals surface area contributed by atoms with E-state index < -0.39 is 0 Å². The Kier molecular flexibility index (Phi) is 2.26. The minimum atomic E-state index is 0.711. The van der Waals surface area contributed by atoms with Gasteiger partial charge in [0.2, 0.25) is 0 Å². The van der Waals surface area contributed by atoms with Crippen molar-refractivity contribution in [2.24, 2.45) is 0 Å². The zero-order valence-corrected chi connectivity index (χ0v) is 10.2. The number of methoxy groups -OCH3 is 1. The van der Waals surface area contributed by atoms with Crippen LogP contribution in [-0.4, -0.2) is 17.3 Å². The van der Waals surface area contributed by atoms with E-state index in [0.717, 1.165) is 33.7 Å². The van der Waals surface area contributed by atoms with Gasteiger partial charge in [0.1, 0.15) is 11.5 Å². The Morgan fingerprint density at radius 2 is 2.22 bits per heavy atom. The maximum atomic E-state index is 5.97. The largest absolute Gasteiger partial charge is 0.495 e. The Bertz CT molecular complexity index is 712. The molecule has 2 aromatic heterocycles. The summed E-state index contributed by atoms with van der Waals surface area (Å²) in [6.07, 6.45) is 1.68. The standard InChI is InChI=1S/C13H13N3O2/c1-7-9(6-15-18-7)11-5-8-10(14)3-4-12(17-2)13(8)16-11/h3-6,16H,14H2,1-2H3. The molecule has 0 saturated carbocycles. The van der Waals surface area contributed by atoms with E-state index >= 15 is 0 Å². The summed E-state index contributed by atoms with van der Waals surface area (Å²) >= 11 is 0. The maximum Gasteiger partial charge on any atom is 0.143 e. The topological polar surface area (TPSA) is 77.1 Å². The number of ether oxygens (including phenoxy) is 1. The van der Waals surface area contributed by atoms with E-state index in [1.54, 1.807) is 13.3 Å². The van der Waals surface area contributed by atoms with Crippen molar-refractivity contribution < 1.29 is 9.26 Å². The average molecular weight is 243 g/mol. The molecule has 2 heterocycles. The van der Waals surface area contributed by atoms with Gasteiger partial charge in [0.15, 0.2) is 0 Å². The lowest BCUT2D eigenvalue weighted by molar-refractivity contribution is 0.398. The number of nitrogens with two attached hydrogens (primary N) is 1. The molecule has 0 atom stereocenters. The highest BCUT2D eigenvalue weighted by Crippen LogP contribution is 2.34. The van der Waals surface area contributed by atoms with Crippen molar-refractivity contribution in [1.29, 1.82) is 0 Å². The zero-order valence-electron chi connectivity index (χ0n) is 10.2. The van der Waals surface area contributed by atoms with Crippen LogP contribution in [0.4, 0.5) is 5.69 Å². The maximum absolute atomic E-state index is 5.97. The van der Waals surface area contributed by atoms with Crippen LogP contribution in [0.3, 0.4) is 0 Å². The predicted molar refractivity (Wildman–Crippen MR) is 69.5 cm³/mol. The highest BCUT2D eigenvalue weighted by Gasteiger charge is 2.13. The van der Waals surface area contributed by atoms with E-state index in [9.17, 15) is 0 Å². The van der Waals surface area contributed by atoms with Gasteiger partial charge >= 0.3 is 0 Å². The van der Waals surface area contributed by atoms with Crippen molar-refractivity contribution in [2.45, 2.75) is 6.92 Å². The number of fused-ring (bicyclic) bond motifs is 1. The van der Waals surface area contributed by atoms with Gasteiger partial charge in [-0.05, 0) is 25.1 Å². The molecule has 0 spiro atoms. The molecule has 0 aliphatic heterocycles. The quantitative estimate of drug-likeness (QED) is 0.678. The van der Waals surface area contributed by atoms with Crippen LogP contribution in [0.15, 0.2) is 28.9 Å². The molecule has 5 heteroatoms. The number of rotatable bonds is 2. The summed E-state index contributed by atoms with van der Waals surface area (Å²) < 4.78 is 10.4. The number of nitrogens with zero attached hydrogens (tertiary/aromatic N) is 1. The summed E-state index contributed by atoms with van der Waals surface area (Å²) in [5, 5.41) is 4.71. The first-order valence-corrected chi connectivity index (χ1v) is 5.57. The summed E-state index contributed by atoms with van der Waals surface area (Å²) in [4.78, 5) is 3.29. The first kappa shape index (κ1) is 10.7. The third kappa shape index (κ3) is 1.44. The van der Waals surface area contributed by atoms with Gasteiger partial charge in [0.05, 0.1) is 30.1 Å². The van der Waals surface area contributed by atoms with E-state index in [1.165, 1.54) is 0 Å². The smallest absolute Gasteiger partial charge is 0.143 e. The number of aromatic amines is 1. The van der Waals surface area contributed by atoms with Gasteiger partial charge in [0, 0.05) is 11.1 Å². The van der Waals surface area contributed by atoms with Crippen LogP contribution in [0.1, 0.15) is 5.76 Å². The fraction of sp³-hybridized carbons (Fsp3) is 0.154. The van der Waals surface area contributed by atoms with Crippen LogP contribution in [-0.2, 0) is 0 Å². The van der Waals surface area contributed by atoms with E-state index in [0.29, 0.717) is 5.69 Å². The van der Waals surface area contributed by atoms with Crippen molar-refractivity contribution in [1.82, 2.24) is 10.1 Å². The molecule has 0 aliphatic rings. The number of anilines is 1. The van der Waals surface area contributed by atoms with Gasteiger partial charge < -0.3 is 20.0 Å². The molecule has 3 aromatic rings. The third-order valence-corrected chi connectivity index (χ3v) is 3.05. The number of benzene rings is 1. The minimum Gasteiger partial charge on any atom is -0.495 e. The molecule has 3 rings (SSSR count). The van der Waals surface area contributed by atoms with Crippen LogP contribution in [0.2, 0.25) is 0 Å². The van der Waals surface area contributed by atoms with Crippen molar-refractivity contribution in [3.8, 4) is 17.0 Å². The summed E-state index contributed by atoms with van der Waals surface area (Å²) in [5.74, 6) is 1.53. The fourth-order valence-corrected chi connectivity index (χ4v) is 2.09. The molecule has 0 radical (unpaired) electrons. The number of aromatic nitrogens is 2. The number of hydrogen-bond acceptors (Lipinski definition) is 4. The Balaban J connectivity index is 2.28. The van der Waals surface area contributed by atoms with E-state index in [2.05, 4.69) is 10.1 Å². The Labute approximate surface area is 104 Å². The highest BCUT2D eigenvalue weighted by molar-refractivity contribution is 5.98. The van der Waals surface area contributed by atoms with Gasteiger partial charge in [-0.25, -0.2) is 0 Å². The number of hydrogen-bond donors (Lipinski definition) is 2. The van der Waals surface area contributed by atoms with Crippen LogP contribution in [0.5, 0.6) is 5.75 Å². The highest BCUT2D eigenvalue weighted by atomic mass is 16.5. The lowest BCUT2D eigenvalue weighted by atomic mass is 10.1. The molecule has 1 aromatic carbocycles. The lowest BCUT2D eigenvalue weighted by Gasteiger charge is -2.02. The van der Waals surface area contributed by atoms with Crippen molar-refractivity contribution in [3.05, 3.63) is 30.2 Å². The Morgan fingerprint density at radius 1 is 1.39 bits per heavy atom. The molecule has 0 unspecified atom stereocenters. The normalized spacial score (nSPS) is 11.0. The molecular formula is C13H13N3O2. The summed E-state index contributed by atoms with van der Waals surface area (Å²) in [6.45, 7) is 1.87. The molecule has 5 nitrogen and oxygen atoms in total. The lowest BCUT2D eigenvalue weighted by Crippen LogP contribution is -1.88. The Hall–Kier alpha value is -2.43. The molecule has 0 saturated heterocycles. The van der Waals surface area contributed by atoms with Crippen molar-refractivity contribution in [2.75, 3.05) is 12.8 Å². The molecule has 0 amide bonds. The predicted octanol–water partition coefficient (Wildman–Crippen LogP) is 2.72. The summed E-state index contributed by atoms with van der Waals surface area (Å²) in [5.41, 5.74) is 9.40. The van der Waals surface area contributed by atoms with Crippen LogP contribution >= 0.6 is 0 Å². The first-order valence-electron chi connectivity index (χ1n) is 5.57. The molecule has 92 valence electrons. The van der Waals surface area contributed by atoms with Gasteiger partial charge in [-0.15, -0.1) is 0 Å². The van der Waals surface area contributed by atoms with E-state index in [4.69, 9.17) is 15.0 Å². The minimum absolute atomic E-state index is 0.711. The third-order valence-electron chi connectivity index (χ3n) is 3.05. The van der Waals surface area contributed by atoms with Gasteiger partial charge in [-0.3, -0.25) is 0 Å². The number of H-pyrrole nitrogens is 1. The number of nitrogen functional groups attached to an aromatic ring is 1. The summed E-state index contributed by atoms with van der Waals surface area (Å²) in [7, 11) is 1.64. The molecule has 0 fully saturated rings. The molecule has 0 aliphatic carbocycles. The van der Waals surface area contributed by atoms with Gasteiger partial charge in [0.25, 0.3) is 0 Å². The van der Waals surface area contributed by atoms with Crippen LogP contribution in [0, 0.1) is 6.92 Å². The zero-order chi connectivity index (χ0) is 12.7. The number of aryl methyl sites for hydroxylation is 1. The van der Waals surface area contributed by atoms with Crippen LogP contribution in [0.25, 0.3) is 22.2 Å². The molecule has 0 bridgehead atoms. The summed E-state index contributed by atoms with van der Waals surface area (Å²) in [6, 6.07) is 5.66. The second-order valence-electron chi connectivity index (χ2n) is 4.12. The van der Waals surface area contributed by atoms with E-state index in [1.807, 2.05) is 25.1 Å². The first-order chi connectivity index (χ1) is 8.70. The second-order valence-corrected chi connectivity index (χ2v) is 4.12. The van der Waals surface area contributed by atoms with Crippen LogP contribution < -0.4 is 10.5 Å². The second kappa shape index (κ2) is 3.80. The molecule has 18 heavy (non-hydrogen) atoms. The Morgan fingerprint density at radius 3 is 2.89 bits per heavy atom. The molecular weight excluding hydrogens is 230 g/mol. The van der Waals surface area contributed by atoms with Crippen molar-refractivity contribution >= 4 is 16.6 Å². The van der Waals surface area contributed by atoms with Crippen molar-refractivity contribution in [3.63, 3.8) is 0 Å². The van der Waals surface area contributed by atoms with Gasteiger partial charge in [-0.2, -0.15) is 0 Å². The van der Waals surface area contributed by atoms with E-state index in [-0.39, 0.29) is 0 Å². The fourth-order valence-electron chi connectivity index (χ4n) is 2.09. The average Bonchev–Trinajstić information content (AvgIpc) is 2.96. The molecule has 3 N–H and O–H groups in total.